The first-order valence-corrected chi connectivity index (χ1v) is 6.94. The van der Waals surface area contributed by atoms with Crippen LogP contribution in [0.5, 0.6) is 0 Å². The Bertz CT molecular complexity index is 857. The third-order valence-electron chi connectivity index (χ3n) is 3.10. The monoisotopic (exact) mass is 328 g/mol. The fourth-order valence-corrected chi connectivity index (χ4v) is 2.14. The normalized spacial score (nSPS) is 15.4. The van der Waals surface area contributed by atoms with Gasteiger partial charge in [0.05, 0.1) is 4.92 Å². The molecule has 7 heteroatoms. The van der Waals surface area contributed by atoms with E-state index in [1.54, 1.807) is 30.3 Å². The Morgan fingerprint density at radius 1 is 1.17 bits per heavy atom. The van der Waals surface area contributed by atoms with Crippen LogP contribution in [0.1, 0.15) is 11.1 Å². The van der Waals surface area contributed by atoms with E-state index in [2.05, 4.69) is 4.99 Å². The lowest BCUT2D eigenvalue weighted by Crippen LogP contribution is -2.05. The summed E-state index contributed by atoms with van der Waals surface area (Å²) in [6, 6.07) is 12.6. The van der Waals surface area contributed by atoms with E-state index in [0.717, 1.165) is 0 Å². The fraction of sp³-hybridized carbons (Fsp3) is 0. The number of ether oxygens (including phenoxy) is 1. The number of rotatable bonds is 3. The number of hydrogen-bond acceptors (Lipinski definition) is 5. The van der Waals surface area contributed by atoms with Gasteiger partial charge in [-0.25, -0.2) is 9.79 Å². The molecule has 1 aliphatic heterocycles. The van der Waals surface area contributed by atoms with E-state index in [0.29, 0.717) is 16.1 Å². The molecule has 0 amide bonds. The van der Waals surface area contributed by atoms with Gasteiger partial charge in [0.1, 0.15) is 0 Å². The molecule has 3 rings (SSSR count). The standard InChI is InChI=1S/C16H9ClN2O4/c17-12-6-4-11(5-7-12)15-18-14(16(20)23-15)9-10-2-1-3-13(8-10)19(21)22/h1-9H/b14-9+. The SMILES string of the molecule is O=C1OC(c2ccc(Cl)cc2)=N/C1=C/c1cccc([N+](=O)[O-])c1. The zero-order chi connectivity index (χ0) is 16.4. The van der Waals surface area contributed by atoms with Gasteiger partial charge in [-0.15, -0.1) is 0 Å². The first-order chi connectivity index (χ1) is 11.0. The van der Waals surface area contributed by atoms with E-state index in [9.17, 15) is 14.9 Å². The average Bonchev–Trinajstić information content (AvgIpc) is 2.89. The molecule has 0 aliphatic carbocycles. The summed E-state index contributed by atoms with van der Waals surface area (Å²) in [5, 5.41) is 11.3. The lowest BCUT2D eigenvalue weighted by atomic mass is 10.1. The van der Waals surface area contributed by atoms with E-state index in [4.69, 9.17) is 16.3 Å². The molecule has 114 valence electrons. The molecule has 0 atom stereocenters. The van der Waals surface area contributed by atoms with Crippen LogP contribution in [0.2, 0.25) is 5.02 Å². The van der Waals surface area contributed by atoms with E-state index in [1.165, 1.54) is 24.3 Å². The molecule has 0 radical (unpaired) electrons. The minimum Gasteiger partial charge on any atom is -0.402 e. The maximum atomic E-state index is 11.9. The molecular weight excluding hydrogens is 320 g/mol. The molecule has 0 saturated carbocycles. The maximum Gasteiger partial charge on any atom is 0.363 e. The summed E-state index contributed by atoms with van der Waals surface area (Å²) in [5.74, 6) is -0.440. The van der Waals surface area contributed by atoms with Crippen LogP contribution < -0.4 is 0 Å². The number of carbonyl (C=O) groups excluding carboxylic acids is 1. The highest BCUT2D eigenvalue weighted by molar-refractivity contribution is 6.30. The molecule has 0 bridgehead atoms. The molecule has 6 nitrogen and oxygen atoms in total. The van der Waals surface area contributed by atoms with Gasteiger partial charge in [-0.1, -0.05) is 23.7 Å². The van der Waals surface area contributed by atoms with E-state index in [1.807, 2.05) is 0 Å². The zero-order valence-electron chi connectivity index (χ0n) is 11.6. The molecule has 0 saturated heterocycles. The van der Waals surface area contributed by atoms with Crippen LogP contribution in [0.25, 0.3) is 6.08 Å². The van der Waals surface area contributed by atoms with Crippen LogP contribution in [0.3, 0.4) is 0 Å². The number of nitro benzene ring substituents is 1. The van der Waals surface area contributed by atoms with Gasteiger partial charge in [-0.3, -0.25) is 10.1 Å². The van der Waals surface area contributed by atoms with Gasteiger partial charge in [0.15, 0.2) is 5.70 Å². The minimum atomic E-state index is -0.610. The fourth-order valence-electron chi connectivity index (χ4n) is 2.01. The van der Waals surface area contributed by atoms with E-state index in [-0.39, 0.29) is 17.3 Å². The van der Waals surface area contributed by atoms with Crippen molar-refractivity contribution in [2.75, 3.05) is 0 Å². The number of cyclic esters (lactones) is 1. The van der Waals surface area contributed by atoms with Crippen LogP contribution >= 0.6 is 11.6 Å². The van der Waals surface area contributed by atoms with Crippen molar-refractivity contribution in [3.63, 3.8) is 0 Å². The highest BCUT2D eigenvalue weighted by Crippen LogP contribution is 2.22. The second-order valence-electron chi connectivity index (χ2n) is 4.70. The molecule has 1 heterocycles. The number of non-ortho nitro benzene ring substituents is 1. The lowest BCUT2D eigenvalue weighted by molar-refractivity contribution is -0.384. The number of carbonyl (C=O) groups is 1. The summed E-state index contributed by atoms with van der Waals surface area (Å²) >= 11 is 5.81. The van der Waals surface area contributed by atoms with Crippen molar-refractivity contribution in [2.24, 2.45) is 4.99 Å². The highest BCUT2D eigenvalue weighted by Gasteiger charge is 2.24. The van der Waals surface area contributed by atoms with Crippen molar-refractivity contribution < 1.29 is 14.5 Å². The van der Waals surface area contributed by atoms with Crippen LogP contribution in [-0.4, -0.2) is 16.8 Å². The quantitative estimate of drug-likeness (QED) is 0.373. The Balaban J connectivity index is 1.93. The molecule has 0 N–H and O–H groups in total. The van der Waals surface area contributed by atoms with E-state index < -0.39 is 10.9 Å². The second-order valence-corrected chi connectivity index (χ2v) is 5.13. The van der Waals surface area contributed by atoms with Gasteiger partial charge in [0.25, 0.3) is 5.69 Å². The number of esters is 1. The number of benzene rings is 2. The third-order valence-corrected chi connectivity index (χ3v) is 3.35. The number of nitro groups is 1. The number of halogens is 1. The predicted octanol–water partition coefficient (Wildman–Crippen LogP) is 3.59. The zero-order valence-corrected chi connectivity index (χ0v) is 12.4. The Morgan fingerprint density at radius 2 is 1.91 bits per heavy atom. The van der Waals surface area contributed by atoms with Gasteiger partial charge in [-0.2, -0.15) is 0 Å². The number of aliphatic imine (C=N–C) groups is 1. The van der Waals surface area contributed by atoms with Crippen molar-refractivity contribution in [3.05, 3.63) is 80.5 Å². The van der Waals surface area contributed by atoms with Gasteiger partial charge in [0, 0.05) is 22.7 Å². The molecule has 0 spiro atoms. The minimum absolute atomic E-state index is 0.0624. The molecule has 0 aromatic heterocycles. The Labute approximate surface area is 135 Å². The summed E-state index contributed by atoms with van der Waals surface area (Å²) < 4.78 is 5.12. The maximum absolute atomic E-state index is 11.9. The summed E-state index contributed by atoms with van der Waals surface area (Å²) in [7, 11) is 0. The lowest BCUT2D eigenvalue weighted by Gasteiger charge is -1.98. The van der Waals surface area contributed by atoms with Crippen LogP contribution in [-0.2, 0) is 9.53 Å². The molecule has 2 aromatic carbocycles. The van der Waals surface area contributed by atoms with Crippen molar-refractivity contribution >= 4 is 35.2 Å². The van der Waals surface area contributed by atoms with Crippen molar-refractivity contribution in [2.45, 2.75) is 0 Å². The summed E-state index contributed by atoms with van der Waals surface area (Å²) in [6.45, 7) is 0. The summed E-state index contributed by atoms with van der Waals surface area (Å²) in [6.07, 6.45) is 1.44. The van der Waals surface area contributed by atoms with Crippen molar-refractivity contribution in [1.29, 1.82) is 0 Å². The number of hydrogen-bond donors (Lipinski definition) is 0. The summed E-state index contributed by atoms with van der Waals surface area (Å²) in [5.41, 5.74) is 1.13. The second kappa shape index (κ2) is 6.02. The topological polar surface area (TPSA) is 81.8 Å². The highest BCUT2D eigenvalue weighted by atomic mass is 35.5. The van der Waals surface area contributed by atoms with Gasteiger partial charge < -0.3 is 4.74 Å². The first kappa shape index (κ1) is 14.9. The molecule has 0 unspecified atom stereocenters. The first-order valence-electron chi connectivity index (χ1n) is 6.56. The Morgan fingerprint density at radius 3 is 2.61 bits per heavy atom. The molecule has 0 fully saturated rings. The van der Waals surface area contributed by atoms with E-state index >= 15 is 0 Å². The molecule has 1 aliphatic rings. The summed E-state index contributed by atoms with van der Waals surface area (Å²) in [4.78, 5) is 26.3. The van der Waals surface area contributed by atoms with Crippen LogP contribution in [0, 0.1) is 10.1 Å². The molecule has 2 aromatic rings. The molecule has 23 heavy (non-hydrogen) atoms. The Kier molecular flexibility index (Phi) is 3.91. The van der Waals surface area contributed by atoms with Crippen LogP contribution in [0.4, 0.5) is 5.69 Å². The average molecular weight is 329 g/mol. The van der Waals surface area contributed by atoms with Gasteiger partial charge in [0.2, 0.25) is 5.90 Å². The van der Waals surface area contributed by atoms with Crippen molar-refractivity contribution in [3.8, 4) is 0 Å². The number of nitrogens with zero attached hydrogens (tertiary/aromatic N) is 2. The predicted molar refractivity (Wildman–Crippen MR) is 85.2 cm³/mol. The molecular formula is C16H9ClN2O4. The third kappa shape index (κ3) is 3.27. The largest absolute Gasteiger partial charge is 0.402 e. The smallest absolute Gasteiger partial charge is 0.363 e. The Hall–Kier alpha value is -2.99. The van der Waals surface area contributed by atoms with Gasteiger partial charge in [-0.05, 0) is 35.9 Å². The van der Waals surface area contributed by atoms with Gasteiger partial charge >= 0.3 is 5.97 Å². The van der Waals surface area contributed by atoms with Crippen molar-refractivity contribution in [1.82, 2.24) is 0 Å². The van der Waals surface area contributed by atoms with Crippen LogP contribution in [0.15, 0.2) is 59.2 Å².